The van der Waals surface area contributed by atoms with Gasteiger partial charge < -0.3 is 24.7 Å². The largest absolute Gasteiger partial charge is 0.484 e. The third kappa shape index (κ3) is 6.07. The van der Waals surface area contributed by atoms with Crippen LogP contribution in [-0.4, -0.2) is 27.5 Å². The highest BCUT2D eigenvalue weighted by Crippen LogP contribution is 2.43. The summed E-state index contributed by atoms with van der Waals surface area (Å²) >= 11 is 5.79. The molecule has 3 aromatic carbocycles. The minimum absolute atomic E-state index is 0.0223. The van der Waals surface area contributed by atoms with Gasteiger partial charge in [0, 0.05) is 35.3 Å². The Labute approximate surface area is 252 Å². The first-order valence-corrected chi connectivity index (χ1v) is 13.8. The fourth-order valence-electron chi connectivity index (χ4n) is 4.93. The molecule has 43 heavy (non-hydrogen) atoms. The standard InChI is InChI=1S/C32H25N5O5S/c38-29(20-41-25-9-2-1-3-10-25)34-22-12-14-23(15-13-22)36-31(30(35-32(36)43)26-11-4-5-18-33-26)28-17-16-27(42-28)21-7-6-8-24(19-21)37(39)40/h1-19,30-31H,20H2,(H,34,38)(H,35,43)/t30-,31-/m0/s1. The first-order chi connectivity index (χ1) is 21.0. The Bertz CT molecular complexity index is 1760. The molecule has 6 rings (SSSR count). The van der Waals surface area contributed by atoms with Crippen LogP contribution < -0.4 is 20.3 Å². The van der Waals surface area contributed by atoms with Crippen LogP contribution in [0.25, 0.3) is 11.3 Å². The second kappa shape index (κ2) is 12.1. The molecule has 10 nitrogen and oxygen atoms in total. The number of carbonyl (C=O) groups is 1. The maximum absolute atomic E-state index is 12.5. The van der Waals surface area contributed by atoms with Crippen molar-refractivity contribution in [1.29, 1.82) is 0 Å². The molecule has 0 unspecified atom stereocenters. The minimum Gasteiger partial charge on any atom is -0.484 e. The van der Waals surface area contributed by atoms with Crippen LogP contribution >= 0.6 is 12.2 Å². The number of nitrogens with one attached hydrogen (secondary N) is 2. The summed E-state index contributed by atoms with van der Waals surface area (Å²) in [6.07, 6.45) is 1.72. The van der Waals surface area contributed by atoms with E-state index in [4.69, 9.17) is 21.4 Å². The Kier molecular flexibility index (Phi) is 7.79. The molecular weight excluding hydrogens is 566 g/mol. The molecule has 0 spiro atoms. The van der Waals surface area contributed by atoms with Crippen LogP contribution in [-0.2, 0) is 4.79 Å². The lowest BCUT2D eigenvalue weighted by atomic mass is 10.0. The van der Waals surface area contributed by atoms with E-state index in [1.165, 1.54) is 12.1 Å². The molecule has 11 heteroatoms. The van der Waals surface area contributed by atoms with E-state index in [9.17, 15) is 14.9 Å². The molecule has 0 saturated carbocycles. The quantitative estimate of drug-likeness (QED) is 0.113. The summed E-state index contributed by atoms with van der Waals surface area (Å²) in [5.74, 6) is 1.42. The number of pyridine rings is 1. The van der Waals surface area contributed by atoms with Crippen molar-refractivity contribution in [3.63, 3.8) is 0 Å². The number of nitro groups is 1. The number of benzene rings is 3. The molecule has 1 amide bonds. The van der Waals surface area contributed by atoms with Crippen LogP contribution in [0, 0.1) is 10.1 Å². The molecule has 1 saturated heterocycles. The summed E-state index contributed by atoms with van der Waals surface area (Å²) in [5.41, 5.74) is 2.71. The van der Waals surface area contributed by atoms with Crippen molar-refractivity contribution in [1.82, 2.24) is 10.3 Å². The summed E-state index contributed by atoms with van der Waals surface area (Å²) in [6.45, 7) is -0.120. The number of aromatic nitrogens is 1. The Morgan fingerprint density at radius 1 is 1.00 bits per heavy atom. The van der Waals surface area contributed by atoms with Gasteiger partial charge in [0.1, 0.15) is 23.3 Å². The predicted molar refractivity (Wildman–Crippen MR) is 166 cm³/mol. The first-order valence-electron chi connectivity index (χ1n) is 13.4. The van der Waals surface area contributed by atoms with Crippen molar-refractivity contribution >= 4 is 40.3 Å². The van der Waals surface area contributed by atoms with Crippen molar-refractivity contribution in [2.45, 2.75) is 12.1 Å². The molecule has 0 aliphatic carbocycles. The van der Waals surface area contributed by atoms with Crippen LogP contribution in [0.15, 0.2) is 120 Å². The number of carbonyl (C=O) groups excluding carboxylic acids is 1. The highest BCUT2D eigenvalue weighted by Gasteiger charge is 2.42. The first kappa shape index (κ1) is 27.6. The molecule has 1 aliphatic rings. The predicted octanol–water partition coefficient (Wildman–Crippen LogP) is 6.44. The van der Waals surface area contributed by atoms with Gasteiger partial charge in [0.25, 0.3) is 11.6 Å². The Hall–Kier alpha value is -5.55. The Morgan fingerprint density at radius 3 is 2.53 bits per heavy atom. The second-order valence-corrected chi connectivity index (χ2v) is 10.1. The number of thiocarbonyl (C=S) groups is 1. The van der Waals surface area contributed by atoms with Crippen LogP contribution in [0.2, 0.25) is 0 Å². The van der Waals surface area contributed by atoms with E-state index >= 15 is 0 Å². The Morgan fingerprint density at radius 2 is 1.79 bits per heavy atom. The van der Waals surface area contributed by atoms with E-state index in [1.54, 1.807) is 48.7 Å². The van der Waals surface area contributed by atoms with E-state index in [2.05, 4.69) is 15.6 Å². The molecule has 5 aromatic rings. The molecule has 2 N–H and O–H groups in total. The minimum atomic E-state index is -0.437. The van der Waals surface area contributed by atoms with E-state index in [0.717, 1.165) is 11.4 Å². The van der Waals surface area contributed by atoms with Gasteiger partial charge in [-0.3, -0.25) is 19.9 Å². The Balaban J connectivity index is 1.26. The molecule has 214 valence electrons. The number of rotatable bonds is 9. The molecule has 2 aromatic heterocycles. The van der Waals surface area contributed by atoms with Crippen LogP contribution in [0.3, 0.4) is 0 Å². The zero-order valence-electron chi connectivity index (χ0n) is 22.6. The van der Waals surface area contributed by atoms with Gasteiger partial charge in [0.2, 0.25) is 0 Å². The van der Waals surface area contributed by atoms with E-state index < -0.39 is 11.0 Å². The smallest absolute Gasteiger partial charge is 0.270 e. The highest BCUT2D eigenvalue weighted by atomic mass is 32.1. The lowest BCUT2D eigenvalue weighted by Gasteiger charge is -2.26. The molecular formula is C32H25N5O5S. The molecule has 2 atom stereocenters. The SMILES string of the molecule is O=C(COc1ccccc1)Nc1ccc(N2C(=S)N[C@@H](c3ccccn3)[C@@H]2c2ccc(-c3cccc([N+](=O)[O-])c3)o2)cc1. The van der Waals surface area contributed by atoms with Crippen molar-refractivity contribution in [3.8, 4) is 17.1 Å². The van der Waals surface area contributed by atoms with E-state index in [1.807, 2.05) is 59.5 Å². The average molecular weight is 592 g/mol. The highest BCUT2D eigenvalue weighted by molar-refractivity contribution is 7.80. The van der Waals surface area contributed by atoms with Crippen molar-refractivity contribution in [2.75, 3.05) is 16.8 Å². The summed E-state index contributed by atoms with van der Waals surface area (Å²) in [5, 5.41) is 18.0. The van der Waals surface area contributed by atoms with Gasteiger partial charge >= 0.3 is 0 Å². The fraction of sp³-hybridized carbons (Fsp3) is 0.0938. The van der Waals surface area contributed by atoms with Crippen molar-refractivity contribution in [2.24, 2.45) is 0 Å². The van der Waals surface area contributed by atoms with Crippen molar-refractivity contribution < 1.29 is 18.9 Å². The van der Waals surface area contributed by atoms with Gasteiger partial charge in [-0.25, -0.2) is 0 Å². The molecule has 1 aliphatic heterocycles. The van der Waals surface area contributed by atoms with Crippen LogP contribution in [0.4, 0.5) is 17.1 Å². The number of para-hydroxylation sites is 1. The number of ether oxygens (including phenoxy) is 1. The van der Waals surface area contributed by atoms with Gasteiger partial charge in [-0.1, -0.05) is 36.4 Å². The summed E-state index contributed by atoms with van der Waals surface area (Å²) in [4.78, 5) is 29.8. The fourth-order valence-corrected chi connectivity index (χ4v) is 5.28. The number of anilines is 2. The number of nitro benzene ring substituents is 1. The van der Waals surface area contributed by atoms with Crippen LogP contribution in [0.1, 0.15) is 23.5 Å². The lowest BCUT2D eigenvalue weighted by molar-refractivity contribution is -0.384. The number of hydrogen-bond acceptors (Lipinski definition) is 7. The van der Waals surface area contributed by atoms with E-state index in [-0.39, 0.29) is 24.2 Å². The van der Waals surface area contributed by atoms with E-state index in [0.29, 0.717) is 33.6 Å². The number of nitrogens with zero attached hydrogens (tertiary/aromatic N) is 3. The van der Waals surface area contributed by atoms with Gasteiger partial charge in [0.15, 0.2) is 11.7 Å². The maximum Gasteiger partial charge on any atom is 0.270 e. The summed E-state index contributed by atoms with van der Waals surface area (Å²) < 4.78 is 11.9. The third-order valence-corrected chi connectivity index (χ3v) is 7.21. The van der Waals surface area contributed by atoms with Gasteiger partial charge in [0.05, 0.1) is 16.7 Å². The zero-order chi connectivity index (χ0) is 29.8. The van der Waals surface area contributed by atoms with Gasteiger partial charge in [-0.05, 0) is 72.9 Å². The molecule has 3 heterocycles. The third-order valence-electron chi connectivity index (χ3n) is 6.90. The zero-order valence-corrected chi connectivity index (χ0v) is 23.4. The topological polar surface area (TPSA) is 123 Å². The number of non-ortho nitro benzene ring substituents is 1. The number of hydrogen-bond donors (Lipinski definition) is 2. The normalized spacial score (nSPS) is 16.0. The number of furan rings is 1. The molecule has 0 bridgehead atoms. The van der Waals surface area contributed by atoms with Gasteiger partial charge in [-0.2, -0.15) is 0 Å². The number of amides is 1. The maximum atomic E-state index is 12.5. The molecule has 0 radical (unpaired) electrons. The van der Waals surface area contributed by atoms with Crippen LogP contribution in [0.5, 0.6) is 5.75 Å². The summed E-state index contributed by atoms with van der Waals surface area (Å²) in [6, 6.07) is 31.3. The van der Waals surface area contributed by atoms with Crippen molar-refractivity contribution in [3.05, 3.63) is 137 Å². The second-order valence-electron chi connectivity index (χ2n) is 9.70. The average Bonchev–Trinajstić information content (AvgIpc) is 3.66. The lowest BCUT2D eigenvalue weighted by Crippen LogP contribution is -2.29. The molecule has 1 fully saturated rings. The van der Waals surface area contributed by atoms with Gasteiger partial charge in [-0.15, -0.1) is 0 Å². The monoisotopic (exact) mass is 591 g/mol. The summed E-state index contributed by atoms with van der Waals surface area (Å²) in [7, 11) is 0.